The molecule has 6 heteroatoms. The van der Waals surface area contributed by atoms with E-state index in [1.54, 1.807) is 11.8 Å². The van der Waals surface area contributed by atoms with Gasteiger partial charge in [0.25, 0.3) is 0 Å². The molecule has 0 aliphatic heterocycles. The maximum atomic E-state index is 4.06. The molecule has 0 spiro atoms. The molecule has 0 fully saturated rings. The normalized spacial score (nSPS) is 11.3. The Labute approximate surface area is 94.7 Å². The fourth-order valence-corrected chi connectivity index (χ4v) is 1.90. The standard InChI is InChI=1S/C9H17N5S/c1-4-13-14(8(2)3)7-15-9-11-5-10-6-12-9/h5-6,8,13H,4,7H2,1-3H3. The molecule has 1 heterocycles. The lowest BCUT2D eigenvalue weighted by Crippen LogP contribution is -2.42. The van der Waals surface area contributed by atoms with Gasteiger partial charge in [0.15, 0.2) is 5.16 Å². The van der Waals surface area contributed by atoms with E-state index in [4.69, 9.17) is 0 Å². The second-order valence-electron chi connectivity index (χ2n) is 3.27. The summed E-state index contributed by atoms with van der Waals surface area (Å²) in [5.41, 5.74) is 3.29. The van der Waals surface area contributed by atoms with Crippen molar-refractivity contribution in [2.24, 2.45) is 0 Å². The van der Waals surface area contributed by atoms with Gasteiger partial charge in [-0.25, -0.2) is 20.0 Å². The van der Waals surface area contributed by atoms with Crippen LogP contribution in [0.1, 0.15) is 20.8 Å². The van der Waals surface area contributed by atoms with Crippen LogP contribution in [0.2, 0.25) is 0 Å². The van der Waals surface area contributed by atoms with Crippen LogP contribution in [0.15, 0.2) is 17.8 Å². The van der Waals surface area contributed by atoms with Crippen molar-refractivity contribution in [3.63, 3.8) is 0 Å². The van der Waals surface area contributed by atoms with E-state index >= 15 is 0 Å². The minimum Gasteiger partial charge on any atom is -0.254 e. The van der Waals surface area contributed by atoms with Gasteiger partial charge in [-0.15, -0.1) is 0 Å². The van der Waals surface area contributed by atoms with E-state index in [-0.39, 0.29) is 0 Å². The summed E-state index contributed by atoms with van der Waals surface area (Å²) in [6.45, 7) is 7.31. The first-order chi connectivity index (χ1) is 7.24. The van der Waals surface area contributed by atoms with Crippen LogP contribution >= 0.6 is 11.8 Å². The van der Waals surface area contributed by atoms with Crippen LogP contribution in [0.25, 0.3) is 0 Å². The van der Waals surface area contributed by atoms with Crippen LogP contribution in [-0.2, 0) is 0 Å². The van der Waals surface area contributed by atoms with Crippen molar-refractivity contribution in [3.8, 4) is 0 Å². The van der Waals surface area contributed by atoms with E-state index in [9.17, 15) is 0 Å². The molecule has 0 saturated carbocycles. The highest BCUT2D eigenvalue weighted by molar-refractivity contribution is 7.99. The van der Waals surface area contributed by atoms with Crippen molar-refractivity contribution in [1.82, 2.24) is 25.4 Å². The van der Waals surface area contributed by atoms with Gasteiger partial charge in [-0.1, -0.05) is 18.7 Å². The van der Waals surface area contributed by atoms with Crippen LogP contribution in [0.5, 0.6) is 0 Å². The second-order valence-corrected chi connectivity index (χ2v) is 4.18. The number of hydrogen-bond acceptors (Lipinski definition) is 6. The van der Waals surface area contributed by atoms with Gasteiger partial charge < -0.3 is 0 Å². The topological polar surface area (TPSA) is 53.9 Å². The van der Waals surface area contributed by atoms with Crippen LogP contribution < -0.4 is 5.43 Å². The molecule has 1 N–H and O–H groups in total. The monoisotopic (exact) mass is 227 g/mol. The summed E-state index contributed by atoms with van der Waals surface area (Å²) in [6, 6.07) is 0.458. The van der Waals surface area contributed by atoms with Crippen LogP contribution in [0, 0.1) is 0 Å². The quantitative estimate of drug-likeness (QED) is 0.447. The van der Waals surface area contributed by atoms with E-state index in [0.717, 1.165) is 17.6 Å². The molecular formula is C9H17N5S. The lowest BCUT2D eigenvalue weighted by atomic mass is 10.4. The number of nitrogens with one attached hydrogen (secondary N) is 1. The van der Waals surface area contributed by atoms with Gasteiger partial charge in [-0.2, -0.15) is 0 Å². The van der Waals surface area contributed by atoms with Gasteiger partial charge in [-0.05, 0) is 13.8 Å². The van der Waals surface area contributed by atoms with Gasteiger partial charge in [0.05, 0.1) is 5.88 Å². The third kappa shape index (κ3) is 4.55. The molecule has 0 aliphatic carbocycles. The Bertz CT molecular complexity index is 266. The first-order valence-corrected chi connectivity index (χ1v) is 5.97. The van der Waals surface area contributed by atoms with Crippen molar-refractivity contribution in [2.45, 2.75) is 32.0 Å². The number of aromatic nitrogens is 3. The van der Waals surface area contributed by atoms with Crippen LogP contribution in [0.4, 0.5) is 0 Å². The Hall–Kier alpha value is -0.720. The van der Waals surface area contributed by atoms with Gasteiger partial charge in [-0.3, -0.25) is 5.43 Å². The predicted molar refractivity (Wildman–Crippen MR) is 61.2 cm³/mol. The molecule has 0 bridgehead atoms. The lowest BCUT2D eigenvalue weighted by molar-refractivity contribution is 0.181. The highest BCUT2D eigenvalue weighted by atomic mass is 32.2. The number of rotatable bonds is 6. The van der Waals surface area contributed by atoms with Crippen molar-refractivity contribution in [2.75, 3.05) is 12.4 Å². The molecule has 0 atom stereocenters. The summed E-state index contributed by atoms with van der Waals surface area (Å²) in [5, 5.41) is 2.92. The molecule has 1 rings (SSSR count). The lowest BCUT2D eigenvalue weighted by Gasteiger charge is -2.25. The summed E-state index contributed by atoms with van der Waals surface area (Å²) in [7, 11) is 0. The molecular weight excluding hydrogens is 210 g/mol. The fraction of sp³-hybridized carbons (Fsp3) is 0.667. The molecule has 0 amide bonds. The van der Waals surface area contributed by atoms with Gasteiger partial charge in [0, 0.05) is 12.6 Å². The van der Waals surface area contributed by atoms with Crippen LogP contribution in [-0.4, -0.2) is 38.4 Å². The molecule has 5 nitrogen and oxygen atoms in total. The maximum Gasteiger partial charge on any atom is 0.191 e. The number of thioether (sulfide) groups is 1. The Morgan fingerprint density at radius 2 is 2.07 bits per heavy atom. The third-order valence-electron chi connectivity index (χ3n) is 1.79. The van der Waals surface area contributed by atoms with E-state index < -0.39 is 0 Å². The highest BCUT2D eigenvalue weighted by Crippen LogP contribution is 2.12. The Morgan fingerprint density at radius 3 is 2.60 bits per heavy atom. The Balaban J connectivity index is 2.40. The van der Waals surface area contributed by atoms with Gasteiger partial charge >= 0.3 is 0 Å². The van der Waals surface area contributed by atoms with E-state index in [1.165, 1.54) is 12.7 Å². The zero-order chi connectivity index (χ0) is 11.1. The van der Waals surface area contributed by atoms with E-state index in [1.807, 2.05) is 0 Å². The number of hydrogen-bond donors (Lipinski definition) is 1. The van der Waals surface area contributed by atoms with Crippen molar-refractivity contribution in [3.05, 3.63) is 12.7 Å². The minimum atomic E-state index is 0.458. The van der Waals surface area contributed by atoms with E-state index in [0.29, 0.717) is 6.04 Å². The average Bonchev–Trinajstić information content (AvgIpc) is 2.25. The van der Waals surface area contributed by atoms with Crippen LogP contribution in [0.3, 0.4) is 0 Å². The molecule has 0 unspecified atom stereocenters. The summed E-state index contributed by atoms with van der Waals surface area (Å²) in [4.78, 5) is 11.9. The minimum absolute atomic E-state index is 0.458. The molecule has 0 saturated heterocycles. The van der Waals surface area contributed by atoms with Crippen molar-refractivity contribution in [1.29, 1.82) is 0 Å². The Morgan fingerprint density at radius 1 is 1.40 bits per heavy atom. The fourth-order valence-electron chi connectivity index (χ4n) is 1.01. The largest absolute Gasteiger partial charge is 0.254 e. The van der Waals surface area contributed by atoms with E-state index in [2.05, 4.69) is 46.2 Å². The summed E-state index contributed by atoms with van der Waals surface area (Å²) in [5.74, 6) is 0.829. The average molecular weight is 227 g/mol. The van der Waals surface area contributed by atoms with Gasteiger partial charge in [0.1, 0.15) is 12.7 Å². The van der Waals surface area contributed by atoms with Crippen molar-refractivity contribution < 1.29 is 0 Å². The summed E-state index contributed by atoms with van der Waals surface area (Å²) in [6.07, 6.45) is 3.03. The Kier molecular flexibility index (Phi) is 5.52. The third-order valence-corrected chi connectivity index (χ3v) is 2.66. The molecule has 84 valence electrons. The summed E-state index contributed by atoms with van der Waals surface area (Å²) < 4.78 is 0. The predicted octanol–water partition coefficient (Wildman–Crippen LogP) is 1.16. The maximum absolute atomic E-state index is 4.06. The first kappa shape index (κ1) is 12.4. The zero-order valence-corrected chi connectivity index (χ0v) is 10.2. The first-order valence-electron chi connectivity index (χ1n) is 4.99. The molecule has 0 aromatic carbocycles. The molecule has 1 aromatic heterocycles. The zero-order valence-electron chi connectivity index (χ0n) is 9.34. The molecule has 1 aromatic rings. The second kappa shape index (κ2) is 6.71. The van der Waals surface area contributed by atoms with Gasteiger partial charge in [0.2, 0.25) is 0 Å². The highest BCUT2D eigenvalue weighted by Gasteiger charge is 2.08. The molecule has 15 heavy (non-hydrogen) atoms. The number of hydrazine groups is 1. The number of nitrogens with zero attached hydrogens (tertiary/aromatic N) is 4. The SMILES string of the molecule is CCNN(CSc1ncncn1)C(C)C. The smallest absolute Gasteiger partial charge is 0.191 e. The van der Waals surface area contributed by atoms with Crippen molar-refractivity contribution >= 4 is 11.8 Å². The summed E-state index contributed by atoms with van der Waals surface area (Å²) >= 11 is 1.60. The molecule has 0 radical (unpaired) electrons. The molecule has 0 aliphatic rings.